The van der Waals surface area contributed by atoms with Gasteiger partial charge in [0.15, 0.2) is 5.65 Å². The van der Waals surface area contributed by atoms with Crippen LogP contribution >= 0.6 is 0 Å². The number of hydrogen-bond acceptors (Lipinski definition) is 5. The van der Waals surface area contributed by atoms with E-state index in [2.05, 4.69) is 15.0 Å². The van der Waals surface area contributed by atoms with Gasteiger partial charge in [0.2, 0.25) is 0 Å². The van der Waals surface area contributed by atoms with Gasteiger partial charge in [0.25, 0.3) is 0 Å². The molecule has 0 unspecified atom stereocenters. The number of fused-ring (bicyclic) bond motifs is 1. The molecule has 21 heavy (non-hydrogen) atoms. The summed E-state index contributed by atoms with van der Waals surface area (Å²) in [5.41, 5.74) is 10.6. The summed E-state index contributed by atoms with van der Waals surface area (Å²) in [5.74, 6) is 1.22. The molecule has 0 saturated heterocycles. The SMILES string of the molecule is COc1ccccc1-c1c(C)c(C)nc2ncnc(N)c12. The number of benzene rings is 1. The van der Waals surface area contributed by atoms with Crippen LogP contribution in [0.1, 0.15) is 11.3 Å². The summed E-state index contributed by atoms with van der Waals surface area (Å²) in [6.07, 6.45) is 1.44. The first-order chi connectivity index (χ1) is 10.1. The predicted octanol–water partition coefficient (Wildman–Crippen LogP) is 2.90. The van der Waals surface area contributed by atoms with E-state index in [1.54, 1.807) is 7.11 Å². The Morgan fingerprint density at radius 3 is 2.62 bits per heavy atom. The van der Waals surface area contributed by atoms with Gasteiger partial charge in [-0.05, 0) is 25.5 Å². The second-order valence-corrected chi connectivity index (χ2v) is 4.86. The third-order valence-electron chi connectivity index (χ3n) is 3.67. The van der Waals surface area contributed by atoms with E-state index in [0.29, 0.717) is 11.5 Å². The summed E-state index contributed by atoms with van der Waals surface area (Å²) in [6.45, 7) is 3.99. The third-order valence-corrected chi connectivity index (χ3v) is 3.67. The molecule has 3 aromatic rings. The quantitative estimate of drug-likeness (QED) is 0.781. The van der Waals surface area contributed by atoms with E-state index in [9.17, 15) is 0 Å². The number of ether oxygens (including phenoxy) is 1. The molecule has 0 fully saturated rings. The van der Waals surface area contributed by atoms with Crippen LogP contribution in [0.25, 0.3) is 22.2 Å². The number of nitrogen functional groups attached to an aromatic ring is 1. The van der Waals surface area contributed by atoms with Crippen molar-refractivity contribution in [2.24, 2.45) is 0 Å². The summed E-state index contributed by atoms with van der Waals surface area (Å²) in [7, 11) is 1.66. The van der Waals surface area contributed by atoms with Crippen LogP contribution in [0.3, 0.4) is 0 Å². The second-order valence-electron chi connectivity index (χ2n) is 4.86. The molecule has 2 aromatic heterocycles. The maximum absolute atomic E-state index is 6.07. The fourth-order valence-electron chi connectivity index (χ4n) is 2.51. The molecule has 0 aliphatic rings. The molecule has 0 aliphatic carbocycles. The van der Waals surface area contributed by atoms with Crippen LogP contribution in [0, 0.1) is 13.8 Å². The van der Waals surface area contributed by atoms with Gasteiger partial charge >= 0.3 is 0 Å². The first kappa shape index (κ1) is 13.3. The summed E-state index contributed by atoms with van der Waals surface area (Å²) in [6, 6.07) is 7.84. The molecule has 0 aliphatic heterocycles. The van der Waals surface area contributed by atoms with Gasteiger partial charge in [-0.15, -0.1) is 0 Å². The number of nitrogens with zero attached hydrogens (tertiary/aromatic N) is 3. The van der Waals surface area contributed by atoms with E-state index in [-0.39, 0.29) is 0 Å². The number of hydrogen-bond donors (Lipinski definition) is 1. The van der Waals surface area contributed by atoms with E-state index in [0.717, 1.165) is 33.5 Å². The van der Waals surface area contributed by atoms with Crippen LogP contribution in [0.2, 0.25) is 0 Å². The summed E-state index contributed by atoms with van der Waals surface area (Å²) < 4.78 is 5.48. The van der Waals surface area contributed by atoms with Crippen LogP contribution in [0.4, 0.5) is 5.82 Å². The number of aryl methyl sites for hydroxylation is 1. The van der Waals surface area contributed by atoms with Crippen LogP contribution in [-0.2, 0) is 0 Å². The van der Waals surface area contributed by atoms with E-state index in [4.69, 9.17) is 10.5 Å². The Hall–Kier alpha value is -2.69. The minimum atomic E-state index is 0.427. The monoisotopic (exact) mass is 280 g/mol. The van der Waals surface area contributed by atoms with Gasteiger partial charge < -0.3 is 10.5 Å². The van der Waals surface area contributed by atoms with Crippen molar-refractivity contribution >= 4 is 16.9 Å². The van der Waals surface area contributed by atoms with E-state index in [1.165, 1.54) is 6.33 Å². The molecule has 0 radical (unpaired) electrons. The molecule has 0 bridgehead atoms. The predicted molar refractivity (Wildman–Crippen MR) is 83.2 cm³/mol. The molecule has 1 aromatic carbocycles. The van der Waals surface area contributed by atoms with Crippen molar-refractivity contribution in [3.05, 3.63) is 41.9 Å². The number of nitrogens with two attached hydrogens (primary N) is 1. The molecule has 5 heteroatoms. The Morgan fingerprint density at radius 1 is 1.10 bits per heavy atom. The van der Waals surface area contributed by atoms with Crippen LogP contribution in [0.15, 0.2) is 30.6 Å². The fraction of sp³-hybridized carbons (Fsp3) is 0.188. The minimum Gasteiger partial charge on any atom is -0.496 e. The highest BCUT2D eigenvalue weighted by Crippen LogP contribution is 2.38. The Balaban J connectivity index is 2.49. The maximum atomic E-state index is 6.07. The first-order valence-corrected chi connectivity index (χ1v) is 6.64. The molecule has 2 heterocycles. The maximum Gasteiger partial charge on any atom is 0.165 e. The Morgan fingerprint density at radius 2 is 1.86 bits per heavy atom. The number of pyridine rings is 1. The van der Waals surface area contributed by atoms with Crippen molar-refractivity contribution in [1.29, 1.82) is 0 Å². The highest BCUT2D eigenvalue weighted by atomic mass is 16.5. The van der Waals surface area contributed by atoms with E-state index >= 15 is 0 Å². The number of rotatable bonds is 2. The lowest BCUT2D eigenvalue weighted by Gasteiger charge is -2.15. The first-order valence-electron chi connectivity index (χ1n) is 6.64. The molecule has 0 atom stereocenters. The standard InChI is InChI=1S/C16H16N4O/c1-9-10(2)20-16-14(15(17)18-8-19-16)13(9)11-6-4-5-7-12(11)21-3/h4-8H,1-3H3,(H2,17,18,19,20). The molecule has 106 valence electrons. The van der Waals surface area contributed by atoms with Gasteiger partial charge in [-0.1, -0.05) is 18.2 Å². The molecule has 0 spiro atoms. The molecular formula is C16H16N4O. The van der Waals surface area contributed by atoms with Crippen molar-refractivity contribution in [3.63, 3.8) is 0 Å². The highest BCUT2D eigenvalue weighted by molar-refractivity contribution is 6.02. The van der Waals surface area contributed by atoms with E-state index in [1.807, 2.05) is 38.1 Å². The Kier molecular flexibility index (Phi) is 3.17. The normalized spacial score (nSPS) is 10.8. The summed E-state index contributed by atoms with van der Waals surface area (Å²) in [5, 5.41) is 0.769. The van der Waals surface area contributed by atoms with E-state index < -0.39 is 0 Å². The van der Waals surface area contributed by atoms with Gasteiger partial charge in [0.05, 0.1) is 12.5 Å². The van der Waals surface area contributed by atoms with Crippen molar-refractivity contribution in [3.8, 4) is 16.9 Å². The van der Waals surface area contributed by atoms with Gasteiger partial charge in [0, 0.05) is 16.8 Å². The van der Waals surface area contributed by atoms with Crippen molar-refractivity contribution in [2.45, 2.75) is 13.8 Å². The van der Waals surface area contributed by atoms with Gasteiger partial charge in [-0.2, -0.15) is 0 Å². The van der Waals surface area contributed by atoms with Crippen LogP contribution < -0.4 is 10.5 Å². The topological polar surface area (TPSA) is 73.9 Å². The zero-order valence-corrected chi connectivity index (χ0v) is 12.2. The average molecular weight is 280 g/mol. The Labute approximate surface area is 122 Å². The van der Waals surface area contributed by atoms with Crippen LogP contribution in [-0.4, -0.2) is 22.1 Å². The van der Waals surface area contributed by atoms with Gasteiger partial charge in [-0.3, -0.25) is 0 Å². The zero-order valence-electron chi connectivity index (χ0n) is 12.2. The lowest BCUT2D eigenvalue weighted by atomic mass is 9.96. The lowest BCUT2D eigenvalue weighted by molar-refractivity contribution is 0.416. The molecule has 0 saturated carbocycles. The number of methoxy groups -OCH3 is 1. The Bertz CT molecular complexity index is 830. The molecule has 5 nitrogen and oxygen atoms in total. The van der Waals surface area contributed by atoms with Crippen molar-refractivity contribution in [1.82, 2.24) is 15.0 Å². The summed E-state index contributed by atoms with van der Waals surface area (Å²) >= 11 is 0. The summed E-state index contributed by atoms with van der Waals surface area (Å²) in [4.78, 5) is 12.9. The highest BCUT2D eigenvalue weighted by Gasteiger charge is 2.17. The smallest absolute Gasteiger partial charge is 0.165 e. The molecule has 0 amide bonds. The van der Waals surface area contributed by atoms with Crippen molar-refractivity contribution in [2.75, 3.05) is 12.8 Å². The van der Waals surface area contributed by atoms with Crippen molar-refractivity contribution < 1.29 is 4.74 Å². The second kappa shape index (κ2) is 5.01. The molecular weight excluding hydrogens is 264 g/mol. The fourth-order valence-corrected chi connectivity index (χ4v) is 2.51. The number of para-hydroxylation sites is 1. The number of aromatic nitrogens is 3. The minimum absolute atomic E-state index is 0.427. The van der Waals surface area contributed by atoms with Gasteiger partial charge in [0.1, 0.15) is 17.9 Å². The zero-order chi connectivity index (χ0) is 15.0. The molecule has 3 rings (SSSR count). The third kappa shape index (κ3) is 2.07. The van der Waals surface area contributed by atoms with Crippen LogP contribution in [0.5, 0.6) is 5.75 Å². The van der Waals surface area contributed by atoms with Gasteiger partial charge in [-0.25, -0.2) is 15.0 Å². The lowest BCUT2D eigenvalue weighted by Crippen LogP contribution is -2.02. The largest absolute Gasteiger partial charge is 0.496 e. The average Bonchev–Trinajstić information content (AvgIpc) is 2.49. The molecule has 2 N–H and O–H groups in total. The number of anilines is 1.